The zero-order valence-corrected chi connectivity index (χ0v) is 10.9. The lowest BCUT2D eigenvalue weighted by atomic mass is 9.83. The average molecular weight is 259 g/mol. The van der Waals surface area contributed by atoms with Gasteiger partial charge in [-0.1, -0.05) is 13.0 Å². The highest BCUT2D eigenvalue weighted by Crippen LogP contribution is 2.36. The third kappa shape index (κ3) is 2.23. The van der Waals surface area contributed by atoms with Gasteiger partial charge < -0.3 is 9.52 Å². The third-order valence-electron chi connectivity index (χ3n) is 4.03. The van der Waals surface area contributed by atoms with Gasteiger partial charge in [-0.15, -0.1) is 0 Å². The highest BCUT2D eigenvalue weighted by Gasteiger charge is 2.25. The summed E-state index contributed by atoms with van der Waals surface area (Å²) >= 11 is 0. The molecule has 0 aliphatic heterocycles. The highest BCUT2D eigenvalue weighted by molar-refractivity contribution is 5.99. The summed E-state index contributed by atoms with van der Waals surface area (Å²) in [7, 11) is 0. The normalized spacial score (nSPS) is 23.6. The Morgan fingerprint density at radius 1 is 1.32 bits per heavy atom. The van der Waals surface area contributed by atoms with Crippen molar-refractivity contribution in [2.75, 3.05) is 0 Å². The smallest absolute Gasteiger partial charge is 0.339 e. The standard InChI is InChI=1S/C15H17NO3/c1-9-5-7-10(8-6-9)14-16-12-4-2-3-11(15(17)18)13(12)19-14/h2-4,9-10H,5-8H2,1H3,(H,17,18). The van der Waals surface area contributed by atoms with Crippen LogP contribution in [0, 0.1) is 5.92 Å². The van der Waals surface area contributed by atoms with Crippen LogP contribution in [-0.2, 0) is 0 Å². The molecule has 1 saturated carbocycles. The van der Waals surface area contributed by atoms with Crippen molar-refractivity contribution in [3.8, 4) is 0 Å². The van der Waals surface area contributed by atoms with Crippen molar-refractivity contribution in [1.82, 2.24) is 4.98 Å². The maximum Gasteiger partial charge on any atom is 0.339 e. The van der Waals surface area contributed by atoms with Crippen LogP contribution in [0.2, 0.25) is 0 Å². The van der Waals surface area contributed by atoms with E-state index in [4.69, 9.17) is 9.52 Å². The molecule has 1 aromatic heterocycles. The Labute approximate surface area is 111 Å². The zero-order valence-electron chi connectivity index (χ0n) is 10.9. The summed E-state index contributed by atoms with van der Waals surface area (Å²) in [5, 5.41) is 9.15. The van der Waals surface area contributed by atoms with Crippen molar-refractivity contribution in [2.24, 2.45) is 5.92 Å². The van der Waals surface area contributed by atoms with Gasteiger partial charge in [-0.25, -0.2) is 9.78 Å². The third-order valence-corrected chi connectivity index (χ3v) is 4.03. The average Bonchev–Trinajstić information content (AvgIpc) is 2.82. The predicted molar refractivity (Wildman–Crippen MR) is 71.3 cm³/mol. The molecule has 0 spiro atoms. The van der Waals surface area contributed by atoms with E-state index in [0.717, 1.165) is 18.8 Å². The van der Waals surface area contributed by atoms with Crippen LogP contribution < -0.4 is 0 Å². The van der Waals surface area contributed by atoms with E-state index in [1.54, 1.807) is 18.2 Å². The van der Waals surface area contributed by atoms with Crippen molar-refractivity contribution in [3.05, 3.63) is 29.7 Å². The first-order valence-electron chi connectivity index (χ1n) is 6.78. The molecule has 100 valence electrons. The van der Waals surface area contributed by atoms with E-state index in [1.807, 2.05) is 0 Å². The number of nitrogens with zero attached hydrogens (tertiary/aromatic N) is 1. The summed E-state index contributed by atoms with van der Waals surface area (Å²) in [4.78, 5) is 15.6. The van der Waals surface area contributed by atoms with E-state index in [2.05, 4.69) is 11.9 Å². The zero-order chi connectivity index (χ0) is 13.4. The maximum atomic E-state index is 11.2. The molecule has 0 bridgehead atoms. The molecule has 4 heteroatoms. The van der Waals surface area contributed by atoms with Gasteiger partial charge in [-0.3, -0.25) is 0 Å². The first-order valence-corrected chi connectivity index (χ1v) is 6.78. The molecule has 1 aromatic carbocycles. The summed E-state index contributed by atoms with van der Waals surface area (Å²) in [6.45, 7) is 2.27. The molecule has 19 heavy (non-hydrogen) atoms. The van der Waals surface area contributed by atoms with E-state index < -0.39 is 5.97 Å². The topological polar surface area (TPSA) is 63.3 Å². The molecule has 1 fully saturated rings. The summed E-state index contributed by atoms with van der Waals surface area (Å²) in [5.74, 6) is 0.849. The number of carboxylic acids is 1. The fraction of sp³-hybridized carbons (Fsp3) is 0.467. The summed E-state index contributed by atoms with van der Waals surface area (Å²) in [6, 6.07) is 5.07. The summed E-state index contributed by atoms with van der Waals surface area (Å²) in [5.41, 5.74) is 1.25. The number of para-hydroxylation sites is 1. The molecule has 0 atom stereocenters. The van der Waals surface area contributed by atoms with Gasteiger partial charge in [0.2, 0.25) is 0 Å². The van der Waals surface area contributed by atoms with Crippen LogP contribution in [0.25, 0.3) is 11.1 Å². The number of benzene rings is 1. The lowest BCUT2D eigenvalue weighted by molar-refractivity contribution is 0.0697. The summed E-state index contributed by atoms with van der Waals surface area (Å²) in [6.07, 6.45) is 4.54. The maximum absolute atomic E-state index is 11.2. The van der Waals surface area contributed by atoms with Gasteiger partial charge in [0.15, 0.2) is 11.5 Å². The van der Waals surface area contributed by atoms with Gasteiger partial charge in [-0.05, 0) is 43.7 Å². The quantitative estimate of drug-likeness (QED) is 0.890. The molecule has 3 rings (SSSR count). The molecule has 1 aliphatic carbocycles. The second-order valence-electron chi connectivity index (χ2n) is 5.47. The fourth-order valence-electron chi connectivity index (χ4n) is 2.82. The van der Waals surface area contributed by atoms with Gasteiger partial charge in [0.25, 0.3) is 0 Å². The Balaban J connectivity index is 1.98. The number of carboxylic acid groups (broad SMARTS) is 1. The lowest BCUT2D eigenvalue weighted by Crippen LogP contribution is -2.10. The van der Waals surface area contributed by atoms with Crippen LogP contribution in [0.3, 0.4) is 0 Å². The molecule has 0 saturated heterocycles. The minimum Gasteiger partial charge on any atom is -0.478 e. The predicted octanol–water partition coefficient (Wildman–Crippen LogP) is 3.82. The van der Waals surface area contributed by atoms with E-state index in [9.17, 15) is 4.79 Å². The number of hydrogen-bond acceptors (Lipinski definition) is 3. The SMILES string of the molecule is CC1CCC(c2nc3cccc(C(=O)O)c3o2)CC1. The molecular formula is C15H17NO3. The van der Waals surface area contributed by atoms with Gasteiger partial charge in [-0.2, -0.15) is 0 Å². The number of hydrogen-bond donors (Lipinski definition) is 1. The van der Waals surface area contributed by atoms with Crippen LogP contribution in [0.5, 0.6) is 0 Å². The Morgan fingerprint density at radius 2 is 2.05 bits per heavy atom. The van der Waals surface area contributed by atoms with Crippen molar-refractivity contribution >= 4 is 17.1 Å². The van der Waals surface area contributed by atoms with Gasteiger partial charge in [0, 0.05) is 5.92 Å². The molecule has 0 amide bonds. The molecular weight excluding hydrogens is 242 g/mol. The van der Waals surface area contributed by atoms with Crippen LogP contribution in [0.15, 0.2) is 22.6 Å². The molecule has 0 radical (unpaired) electrons. The highest BCUT2D eigenvalue weighted by atomic mass is 16.4. The number of aromatic nitrogens is 1. The second-order valence-corrected chi connectivity index (χ2v) is 5.47. The first kappa shape index (κ1) is 12.2. The first-order chi connectivity index (χ1) is 9.15. The van der Waals surface area contributed by atoms with Gasteiger partial charge in [0.05, 0.1) is 0 Å². The monoisotopic (exact) mass is 259 g/mol. The second kappa shape index (κ2) is 4.68. The Bertz CT molecular complexity index is 609. The molecule has 4 nitrogen and oxygen atoms in total. The van der Waals surface area contributed by atoms with E-state index in [0.29, 0.717) is 22.9 Å². The van der Waals surface area contributed by atoms with Crippen LogP contribution >= 0.6 is 0 Å². The van der Waals surface area contributed by atoms with Crippen LogP contribution in [0.4, 0.5) is 0 Å². The van der Waals surface area contributed by atoms with Gasteiger partial charge in [0.1, 0.15) is 11.1 Å². The Hall–Kier alpha value is -1.84. The number of oxazole rings is 1. The minimum absolute atomic E-state index is 0.195. The Morgan fingerprint density at radius 3 is 2.74 bits per heavy atom. The van der Waals surface area contributed by atoms with Crippen molar-refractivity contribution < 1.29 is 14.3 Å². The van der Waals surface area contributed by atoms with Crippen LogP contribution in [-0.4, -0.2) is 16.1 Å². The van der Waals surface area contributed by atoms with Crippen LogP contribution in [0.1, 0.15) is 54.8 Å². The number of aromatic carboxylic acids is 1. The lowest BCUT2D eigenvalue weighted by Gasteiger charge is -2.23. The van der Waals surface area contributed by atoms with E-state index in [-0.39, 0.29) is 5.56 Å². The molecule has 1 heterocycles. The summed E-state index contributed by atoms with van der Waals surface area (Å²) < 4.78 is 5.74. The van der Waals surface area contributed by atoms with Crippen molar-refractivity contribution in [1.29, 1.82) is 0 Å². The number of carbonyl (C=O) groups is 1. The van der Waals surface area contributed by atoms with Crippen molar-refractivity contribution in [3.63, 3.8) is 0 Å². The molecule has 0 unspecified atom stereocenters. The van der Waals surface area contributed by atoms with E-state index in [1.165, 1.54) is 12.8 Å². The van der Waals surface area contributed by atoms with Crippen molar-refractivity contribution in [2.45, 2.75) is 38.5 Å². The number of rotatable bonds is 2. The molecule has 1 N–H and O–H groups in total. The Kier molecular flexibility index (Phi) is 3.01. The fourth-order valence-corrected chi connectivity index (χ4v) is 2.82. The van der Waals surface area contributed by atoms with Gasteiger partial charge >= 0.3 is 5.97 Å². The minimum atomic E-state index is -0.967. The van der Waals surface area contributed by atoms with E-state index >= 15 is 0 Å². The largest absolute Gasteiger partial charge is 0.478 e. The molecule has 2 aromatic rings. The number of fused-ring (bicyclic) bond motifs is 1. The molecule has 1 aliphatic rings.